The maximum Gasteiger partial charge on any atom is 0.146 e. The van der Waals surface area contributed by atoms with Crippen molar-refractivity contribution in [1.82, 2.24) is 5.32 Å². The molecular formula is C14H23FN2. The van der Waals surface area contributed by atoms with E-state index in [1.807, 2.05) is 18.0 Å². The van der Waals surface area contributed by atoms with Crippen molar-refractivity contribution in [2.24, 2.45) is 0 Å². The summed E-state index contributed by atoms with van der Waals surface area (Å²) in [7, 11) is 1.96. The van der Waals surface area contributed by atoms with Crippen molar-refractivity contribution < 1.29 is 4.39 Å². The molecule has 1 rings (SSSR count). The van der Waals surface area contributed by atoms with Gasteiger partial charge in [-0.2, -0.15) is 0 Å². The van der Waals surface area contributed by atoms with Crippen molar-refractivity contribution in [1.29, 1.82) is 0 Å². The number of nitrogens with zero attached hydrogens (tertiary/aromatic N) is 1. The Bertz CT molecular complexity index is 339. The SMILES string of the molecule is CCCCN(C)c1c(F)cccc1CNCC. The molecule has 0 radical (unpaired) electrons. The molecule has 1 N–H and O–H groups in total. The molecule has 17 heavy (non-hydrogen) atoms. The molecule has 0 heterocycles. The molecule has 0 aliphatic rings. The van der Waals surface area contributed by atoms with Gasteiger partial charge in [0, 0.05) is 20.1 Å². The van der Waals surface area contributed by atoms with Gasteiger partial charge in [-0.3, -0.25) is 0 Å². The first-order chi connectivity index (χ1) is 8.20. The molecule has 1 aromatic rings. The van der Waals surface area contributed by atoms with Gasteiger partial charge in [0.2, 0.25) is 0 Å². The Labute approximate surface area is 104 Å². The first-order valence-electron chi connectivity index (χ1n) is 6.39. The molecule has 0 spiro atoms. The smallest absolute Gasteiger partial charge is 0.146 e. The van der Waals surface area contributed by atoms with Crippen molar-refractivity contribution in [3.05, 3.63) is 29.6 Å². The number of nitrogens with one attached hydrogen (secondary N) is 1. The first kappa shape index (κ1) is 14.0. The highest BCUT2D eigenvalue weighted by Gasteiger charge is 2.11. The van der Waals surface area contributed by atoms with Crippen molar-refractivity contribution in [3.63, 3.8) is 0 Å². The summed E-state index contributed by atoms with van der Waals surface area (Å²) in [5.74, 6) is -0.126. The van der Waals surface area contributed by atoms with E-state index in [1.165, 1.54) is 6.07 Å². The number of hydrogen-bond acceptors (Lipinski definition) is 2. The van der Waals surface area contributed by atoms with Gasteiger partial charge in [-0.25, -0.2) is 4.39 Å². The molecule has 0 saturated carbocycles. The van der Waals surface area contributed by atoms with Crippen LogP contribution < -0.4 is 10.2 Å². The molecule has 0 bridgehead atoms. The molecule has 3 heteroatoms. The van der Waals surface area contributed by atoms with E-state index in [0.29, 0.717) is 0 Å². The number of rotatable bonds is 7. The van der Waals surface area contributed by atoms with Crippen LogP contribution >= 0.6 is 0 Å². The van der Waals surface area contributed by atoms with Gasteiger partial charge in [0.25, 0.3) is 0 Å². The molecule has 0 fully saturated rings. The fourth-order valence-corrected chi connectivity index (χ4v) is 1.90. The Hall–Kier alpha value is -1.09. The second-order valence-corrected chi connectivity index (χ2v) is 4.30. The number of anilines is 1. The lowest BCUT2D eigenvalue weighted by Gasteiger charge is -2.23. The van der Waals surface area contributed by atoms with Gasteiger partial charge in [-0.05, 0) is 24.6 Å². The van der Waals surface area contributed by atoms with Crippen molar-refractivity contribution >= 4 is 5.69 Å². The standard InChI is InChI=1S/C14H23FN2/c1-4-6-10-17(3)14-12(11-16-5-2)8-7-9-13(14)15/h7-9,16H,4-6,10-11H2,1-3H3. The zero-order valence-corrected chi connectivity index (χ0v) is 11.1. The fourth-order valence-electron chi connectivity index (χ4n) is 1.90. The van der Waals surface area contributed by atoms with E-state index in [0.717, 1.165) is 43.7 Å². The van der Waals surface area contributed by atoms with E-state index in [4.69, 9.17) is 0 Å². The lowest BCUT2D eigenvalue weighted by molar-refractivity contribution is 0.613. The summed E-state index contributed by atoms with van der Waals surface area (Å²) in [6.07, 6.45) is 2.22. The van der Waals surface area contributed by atoms with E-state index in [2.05, 4.69) is 19.2 Å². The Morgan fingerprint density at radius 1 is 1.29 bits per heavy atom. The van der Waals surface area contributed by atoms with Gasteiger partial charge in [0.15, 0.2) is 0 Å². The number of para-hydroxylation sites is 1. The van der Waals surface area contributed by atoms with Gasteiger partial charge >= 0.3 is 0 Å². The number of benzene rings is 1. The van der Waals surface area contributed by atoms with Crippen LogP contribution in [0.15, 0.2) is 18.2 Å². The van der Waals surface area contributed by atoms with Gasteiger partial charge in [0.05, 0.1) is 5.69 Å². The van der Waals surface area contributed by atoms with Gasteiger partial charge < -0.3 is 10.2 Å². The third-order valence-corrected chi connectivity index (χ3v) is 2.86. The van der Waals surface area contributed by atoms with Crippen molar-refractivity contribution in [3.8, 4) is 0 Å². The first-order valence-corrected chi connectivity index (χ1v) is 6.39. The van der Waals surface area contributed by atoms with Crippen LogP contribution in [0.5, 0.6) is 0 Å². The van der Waals surface area contributed by atoms with Crippen LogP contribution in [0.4, 0.5) is 10.1 Å². The van der Waals surface area contributed by atoms with E-state index in [-0.39, 0.29) is 5.82 Å². The summed E-state index contributed by atoms with van der Waals surface area (Å²) in [6, 6.07) is 5.30. The second kappa shape index (κ2) is 7.28. The third kappa shape index (κ3) is 4.00. The second-order valence-electron chi connectivity index (χ2n) is 4.30. The summed E-state index contributed by atoms with van der Waals surface area (Å²) >= 11 is 0. The summed E-state index contributed by atoms with van der Waals surface area (Å²) in [6.45, 7) is 6.72. The molecule has 0 atom stereocenters. The Balaban J connectivity index is 2.85. The molecule has 2 nitrogen and oxygen atoms in total. The molecule has 1 aromatic carbocycles. The molecule has 0 aliphatic heterocycles. The van der Waals surface area contributed by atoms with Crippen LogP contribution in [0.1, 0.15) is 32.3 Å². The van der Waals surface area contributed by atoms with Gasteiger partial charge in [0.1, 0.15) is 5.82 Å². The summed E-state index contributed by atoms with van der Waals surface area (Å²) < 4.78 is 13.9. The molecule has 96 valence electrons. The molecule has 0 aliphatic carbocycles. The largest absolute Gasteiger partial charge is 0.372 e. The van der Waals surface area contributed by atoms with Crippen LogP contribution in [0, 0.1) is 5.82 Å². The molecule has 0 aromatic heterocycles. The monoisotopic (exact) mass is 238 g/mol. The zero-order valence-electron chi connectivity index (χ0n) is 11.1. The van der Waals surface area contributed by atoms with Crippen LogP contribution in [0.3, 0.4) is 0 Å². The molecule has 0 unspecified atom stereocenters. The third-order valence-electron chi connectivity index (χ3n) is 2.86. The normalized spacial score (nSPS) is 10.6. The summed E-state index contributed by atoms with van der Waals surface area (Å²) in [5, 5.41) is 3.25. The van der Waals surface area contributed by atoms with E-state index in [9.17, 15) is 4.39 Å². The Kier molecular flexibility index (Phi) is 5.98. The van der Waals surface area contributed by atoms with Crippen LogP contribution in [-0.4, -0.2) is 20.1 Å². The summed E-state index contributed by atoms with van der Waals surface area (Å²) in [4.78, 5) is 2.02. The van der Waals surface area contributed by atoms with Crippen LogP contribution in [0.25, 0.3) is 0 Å². The number of unbranched alkanes of at least 4 members (excludes halogenated alkanes) is 1. The number of hydrogen-bond donors (Lipinski definition) is 1. The fraction of sp³-hybridized carbons (Fsp3) is 0.571. The predicted molar refractivity (Wildman–Crippen MR) is 72.0 cm³/mol. The lowest BCUT2D eigenvalue weighted by atomic mass is 10.1. The molecule has 0 amide bonds. The highest BCUT2D eigenvalue weighted by atomic mass is 19.1. The van der Waals surface area contributed by atoms with Gasteiger partial charge in [-0.1, -0.05) is 32.4 Å². The topological polar surface area (TPSA) is 15.3 Å². The minimum atomic E-state index is -0.126. The van der Waals surface area contributed by atoms with E-state index in [1.54, 1.807) is 6.07 Å². The lowest BCUT2D eigenvalue weighted by Crippen LogP contribution is -2.23. The Morgan fingerprint density at radius 2 is 2.06 bits per heavy atom. The minimum absolute atomic E-state index is 0.126. The summed E-state index contributed by atoms with van der Waals surface area (Å²) in [5.41, 5.74) is 1.77. The molecule has 0 saturated heterocycles. The quantitative estimate of drug-likeness (QED) is 0.785. The van der Waals surface area contributed by atoms with Crippen LogP contribution in [-0.2, 0) is 6.54 Å². The average Bonchev–Trinajstić information content (AvgIpc) is 2.33. The van der Waals surface area contributed by atoms with E-state index < -0.39 is 0 Å². The number of halogens is 1. The maximum absolute atomic E-state index is 13.9. The molecular weight excluding hydrogens is 215 g/mol. The van der Waals surface area contributed by atoms with E-state index >= 15 is 0 Å². The van der Waals surface area contributed by atoms with Crippen LogP contribution in [0.2, 0.25) is 0 Å². The van der Waals surface area contributed by atoms with Crippen molar-refractivity contribution in [2.75, 3.05) is 25.0 Å². The minimum Gasteiger partial charge on any atom is -0.372 e. The van der Waals surface area contributed by atoms with Crippen molar-refractivity contribution in [2.45, 2.75) is 33.2 Å². The highest BCUT2D eigenvalue weighted by Crippen LogP contribution is 2.23. The zero-order chi connectivity index (χ0) is 12.7. The Morgan fingerprint density at radius 3 is 2.71 bits per heavy atom. The average molecular weight is 238 g/mol. The van der Waals surface area contributed by atoms with Gasteiger partial charge in [-0.15, -0.1) is 0 Å². The highest BCUT2D eigenvalue weighted by molar-refractivity contribution is 5.54. The predicted octanol–water partition coefficient (Wildman–Crippen LogP) is 3.17. The maximum atomic E-state index is 13.9.